The zero-order valence-electron chi connectivity index (χ0n) is 16.5. The average Bonchev–Trinajstić information content (AvgIpc) is 3.30. The summed E-state index contributed by atoms with van der Waals surface area (Å²) in [5, 5.41) is 14.6. The van der Waals surface area contributed by atoms with E-state index in [1.165, 1.54) is 11.2 Å². The molecule has 0 amide bonds. The normalized spacial score (nSPS) is 11.8. The highest BCUT2D eigenvalue weighted by Crippen LogP contribution is 2.30. The number of aromatic nitrogens is 5. The van der Waals surface area contributed by atoms with Gasteiger partial charge in [-0.3, -0.25) is 14.4 Å². The molecule has 0 aliphatic carbocycles. The Labute approximate surface area is 168 Å². The average molecular weight is 389 g/mol. The number of aryl methyl sites for hydroxylation is 2. The van der Waals surface area contributed by atoms with Gasteiger partial charge in [0.2, 0.25) is 0 Å². The zero-order chi connectivity index (χ0) is 20.5. The lowest BCUT2D eigenvalue weighted by Gasteiger charge is -2.20. The van der Waals surface area contributed by atoms with Crippen LogP contribution in [-0.2, 0) is 14.1 Å². The van der Waals surface area contributed by atoms with E-state index in [-0.39, 0.29) is 0 Å². The summed E-state index contributed by atoms with van der Waals surface area (Å²) in [6.07, 6.45) is 3.20. The molecule has 5 N–H and O–H groups in total. The van der Waals surface area contributed by atoms with Crippen LogP contribution in [0.4, 0.5) is 17.3 Å². The Kier molecular flexibility index (Phi) is 4.65. The molecular formula is C20H23N9. The first-order valence-corrected chi connectivity index (χ1v) is 9.10. The molecule has 148 valence electrons. The van der Waals surface area contributed by atoms with Gasteiger partial charge in [-0.05, 0) is 6.92 Å². The number of allylic oxidation sites excluding steroid dienone is 1. The molecule has 4 rings (SSSR count). The maximum atomic E-state index is 6.27. The summed E-state index contributed by atoms with van der Waals surface area (Å²) in [6.45, 7) is 1.84. The van der Waals surface area contributed by atoms with E-state index in [2.05, 4.69) is 15.5 Å². The summed E-state index contributed by atoms with van der Waals surface area (Å²) in [6, 6.07) is 13.9. The lowest BCUT2D eigenvalue weighted by Crippen LogP contribution is -2.29. The second-order valence-corrected chi connectivity index (χ2v) is 6.74. The van der Waals surface area contributed by atoms with E-state index >= 15 is 0 Å². The van der Waals surface area contributed by atoms with Gasteiger partial charge in [-0.25, -0.2) is 10.8 Å². The number of fused-ring (bicyclic) bond motifs is 1. The van der Waals surface area contributed by atoms with E-state index in [0.29, 0.717) is 17.2 Å². The van der Waals surface area contributed by atoms with Crippen molar-refractivity contribution >= 4 is 28.4 Å². The van der Waals surface area contributed by atoms with Gasteiger partial charge in [-0.15, -0.1) is 0 Å². The molecule has 3 aromatic heterocycles. The predicted molar refractivity (Wildman–Crippen MR) is 115 cm³/mol. The van der Waals surface area contributed by atoms with Crippen LogP contribution in [0.1, 0.15) is 6.92 Å². The zero-order valence-corrected chi connectivity index (χ0v) is 16.5. The number of benzene rings is 1. The van der Waals surface area contributed by atoms with E-state index in [1.807, 2.05) is 63.5 Å². The number of nitrogens with zero attached hydrogens (tertiary/aromatic N) is 6. The molecule has 0 fully saturated rings. The van der Waals surface area contributed by atoms with Gasteiger partial charge in [0, 0.05) is 43.7 Å². The Morgan fingerprint density at radius 1 is 1.14 bits per heavy atom. The molecule has 0 unspecified atom stereocenters. The van der Waals surface area contributed by atoms with Crippen LogP contribution in [0.5, 0.6) is 0 Å². The number of hydrazine groups is 1. The molecule has 0 aliphatic rings. The van der Waals surface area contributed by atoms with Crippen molar-refractivity contribution in [1.29, 1.82) is 0 Å². The minimum absolute atomic E-state index is 0.624. The molecule has 0 aliphatic heterocycles. The van der Waals surface area contributed by atoms with E-state index in [1.54, 1.807) is 15.6 Å². The lowest BCUT2D eigenvalue weighted by molar-refractivity contribution is 0.777. The third-order valence-corrected chi connectivity index (χ3v) is 4.77. The van der Waals surface area contributed by atoms with Gasteiger partial charge in [-0.2, -0.15) is 10.2 Å². The van der Waals surface area contributed by atoms with Crippen LogP contribution in [0, 0.1) is 0 Å². The highest BCUT2D eigenvalue weighted by Gasteiger charge is 2.16. The van der Waals surface area contributed by atoms with E-state index < -0.39 is 0 Å². The van der Waals surface area contributed by atoms with Gasteiger partial charge in [0.1, 0.15) is 11.6 Å². The summed E-state index contributed by atoms with van der Waals surface area (Å²) in [5.74, 6) is 7.70. The Morgan fingerprint density at radius 2 is 1.90 bits per heavy atom. The van der Waals surface area contributed by atoms with Crippen molar-refractivity contribution in [1.82, 2.24) is 24.5 Å². The molecule has 0 bridgehead atoms. The lowest BCUT2D eigenvalue weighted by atomic mass is 10.1. The Morgan fingerprint density at radius 3 is 2.62 bits per heavy atom. The monoisotopic (exact) mass is 389 g/mol. The van der Waals surface area contributed by atoms with Crippen molar-refractivity contribution in [3.8, 4) is 11.3 Å². The first-order chi connectivity index (χ1) is 14.0. The molecule has 29 heavy (non-hydrogen) atoms. The van der Waals surface area contributed by atoms with Crippen molar-refractivity contribution in [3.63, 3.8) is 0 Å². The van der Waals surface area contributed by atoms with Gasteiger partial charge in [0.15, 0.2) is 5.65 Å². The fourth-order valence-corrected chi connectivity index (χ4v) is 3.10. The third-order valence-electron chi connectivity index (χ3n) is 4.77. The Balaban J connectivity index is 1.75. The van der Waals surface area contributed by atoms with E-state index in [9.17, 15) is 0 Å². The van der Waals surface area contributed by atoms with E-state index in [4.69, 9.17) is 16.6 Å². The summed E-state index contributed by atoms with van der Waals surface area (Å²) in [4.78, 5) is 4.70. The van der Waals surface area contributed by atoms with Crippen molar-refractivity contribution in [2.75, 3.05) is 10.3 Å². The second-order valence-electron chi connectivity index (χ2n) is 6.74. The molecule has 0 saturated carbocycles. The van der Waals surface area contributed by atoms with Crippen LogP contribution in [0.3, 0.4) is 0 Å². The first kappa shape index (κ1) is 18.5. The van der Waals surface area contributed by atoms with Crippen molar-refractivity contribution in [2.45, 2.75) is 6.92 Å². The molecular weight excluding hydrogens is 366 g/mol. The van der Waals surface area contributed by atoms with Gasteiger partial charge in [0.05, 0.1) is 23.0 Å². The number of nitrogens with two attached hydrogens (primary N) is 2. The third kappa shape index (κ3) is 3.39. The highest BCUT2D eigenvalue weighted by atomic mass is 15.4. The first-order valence-electron chi connectivity index (χ1n) is 9.10. The minimum atomic E-state index is 0.624. The fourth-order valence-electron chi connectivity index (χ4n) is 3.10. The van der Waals surface area contributed by atoms with E-state index in [0.717, 1.165) is 28.1 Å². The van der Waals surface area contributed by atoms with Crippen LogP contribution < -0.4 is 21.9 Å². The minimum Gasteiger partial charge on any atom is -0.403 e. The summed E-state index contributed by atoms with van der Waals surface area (Å²) >= 11 is 0. The van der Waals surface area contributed by atoms with Crippen molar-refractivity contribution < 1.29 is 0 Å². The number of rotatable bonds is 5. The van der Waals surface area contributed by atoms with Gasteiger partial charge in [0.25, 0.3) is 0 Å². The number of hydrogen-bond acceptors (Lipinski definition) is 7. The standard InChI is InChI=1S/C20H23N9/c1-13(11-21)29(22)17-10-18(25-20-15(17)12-23-28(20)3)24-19-9-16(26-27(19)2)14-7-5-4-6-8-14/h4-12H,21-22H2,1-3H3,(H,24,25)/b13-11-. The van der Waals surface area contributed by atoms with Crippen LogP contribution in [0.2, 0.25) is 0 Å². The second kappa shape index (κ2) is 7.28. The van der Waals surface area contributed by atoms with Crippen LogP contribution >= 0.6 is 0 Å². The van der Waals surface area contributed by atoms with Gasteiger partial charge in [-0.1, -0.05) is 30.3 Å². The molecule has 4 aromatic rings. The Hall–Kier alpha value is -3.85. The Bertz CT molecular complexity index is 1190. The fraction of sp³-hybridized carbons (Fsp3) is 0.150. The molecule has 0 radical (unpaired) electrons. The maximum absolute atomic E-state index is 6.27. The topological polar surface area (TPSA) is 116 Å². The summed E-state index contributed by atoms with van der Waals surface area (Å²) < 4.78 is 3.49. The molecule has 0 atom stereocenters. The largest absolute Gasteiger partial charge is 0.403 e. The number of hydrogen-bond donors (Lipinski definition) is 3. The highest BCUT2D eigenvalue weighted by molar-refractivity contribution is 5.92. The van der Waals surface area contributed by atoms with Crippen LogP contribution in [0.25, 0.3) is 22.3 Å². The van der Waals surface area contributed by atoms with Gasteiger partial charge >= 0.3 is 0 Å². The number of nitrogens with one attached hydrogen (secondary N) is 1. The molecule has 0 saturated heterocycles. The summed E-state index contributed by atoms with van der Waals surface area (Å²) in [7, 11) is 3.72. The predicted octanol–water partition coefficient (Wildman–Crippen LogP) is 2.61. The van der Waals surface area contributed by atoms with Gasteiger partial charge < -0.3 is 11.1 Å². The van der Waals surface area contributed by atoms with Crippen molar-refractivity contribution in [2.24, 2.45) is 25.7 Å². The summed E-state index contributed by atoms with van der Waals surface area (Å²) in [5.41, 5.74) is 9.73. The van der Waals surface area contributed by atoms with Crippen LogP contribution in [-0.4, -0.2) is 24.5 Å². The molecule has 9 heteroatoms. The smallest absolute Gasteiger partial charge is 0.162 e. The number of pyridine rings is 1. The SMILES string of the molecule is C/C(=C/N)N(N)c1cc(Nc2cc(-c3ccccc3)nn2C)nc2c1cnn2C. The van der Waals surface area contributed by atoms with Crippen LogP contribution in [0.15, 0.2) is 60.6 Å². The molecule has 0 spiro atoms. The quantitative estimate of drug-likeness (QED) is 0.355. The number of anilines is 3. The molecule has 9 nitrogen and oxygen atoms in total. The van der Waals surface area contributed by atoms with Crippen molar-refractivity contribution in [3.05, 3.63) is 60.6 Å². The molecule has 3 heterocycles. The molecule has 1 aromatic carbocycles. The maximum Gasteiger partial charge on any atom is 0.162 e.